The molecule has 0 spiro atoms. The number of methoxy groups -OCH3 is 1. The molecule has 1 aromatic rings. The summed E-state index contributed by atoms with van der Waals surface area (Å²) in [5.41, 5.74) is -0.241. The maximum atomic E-state index is 11.7. The van der Waals surface area contributed by atoms with Gasteiger partial charge in [0.2, 0.25) is 5.91 Å². The lowest BCUT2D eigenvalue weighted by Crippen LogP contribution is -2.34. The molecule has 0 fully saturated rings. The zero-order chi connectivity index (χ0) is 12.8. The molecule has 0 unspecified atom stereocenters. The molecule has 1 rings (SSSR count). The normalized spacial score (nSPS) is 10.3. The van der Waals surface area contributed by atoms with Gasteiger partial charge in [0.1, 0.15) is 6.54 Å². The lowest BCUT2D eigenvalue weighted by atomic mass is 10.4. The van der Waals surface area contributed by atoms with Gasteiger partial charge in [-0.05, 0) is 37.9 Å². The van der Waals surface area contributed by atoms with Gasteiger partial charge in [-0.25, -0.2) is 0 Å². The van der Waals surface area contributed by atoms with Crippen LogP contribution in [-0.2, 0) is 16.1 Å². The molecule has 17 heavy (non-hydrogen) atoms. The average molecular weight is 368 g/mol. The Bertz CT molecular complexity index is 459. The van der Waals surface area contributed by atoms with E-state index in [4.69, 9.17) is 4.74 Å². The second-order valence-electron chi connectivity index (χ2n) is 3.28. The minimum Gasteiger partial charge on any atom is -0.383 e. The van der Waals surface area contributed by atoms with Crippen molar-refractivity contribution in [2.75, 3.05) is 20.3 Å². The minimum atomic E-state index is -0.241. The second kappa shape index (κ2) is 6.93. The van der Waals surface area contributed by atoms with E-state index in [1.54, 1.807) is 19.4 Å². The molecule has 7 heteroatoms. The summed E-state index contributed by atoms with van der Waals surface area (Å²) in [5, 5.41) is 2.64. The molecular weight excluding hydrogens is 356 g/mol. The molecular formula is C10H12Br2N2O3. The Kier molecular flexibility index (Phi) is 5.87. The van der Waals surface area contributed by atoms with Gasteiger partial charge in [-0.15, -0.1) is 0 Å². The predicted octanol–water partition coefficient (Wildman–Crippen LogP) is 1.14. The number of halogens is 2. The maximum Gasteiger partial charge on any atom is 0.265 e. The Morgan fingerprint density at radius 3 is 2.88 bits per heavy atom. The lowest BCUT2D eigenvalue weighted by molar-refractivity contribution is -0.121. The third kappa shape index (κ3) is 4.61. The van der Waals surface area contributed by atoms with E-state index in [1.807, 2.05) is 0 Å². The number of hydrogen-bond acceptors (Lipinski definition) is 3. The van der Waals surface area contributed by atoms with E-state index >= 15 is 0 Å². The predicted molar refractivity (Wildman–Crippen MR) is 71.0 cm³/mol. The quantitative estimate of drug-likeness (QED) is 0.794. The van der Waals surface area contributed by atoms with E-state index in [-0.39, 0.29) is 18.0 Å². The molecule has 0 aliphatic rings. The zero-order valence-corrected chi connectivity index (χ0v) is 12.4. The van der Waals surface area contributed by atoms with Crippen LogP contribution in [0.5, 0.6) is 0 Å². The van der Waals surface area contributed by atoms with E-state index in [2.05, 4.69) is 37.2 Å². The SMILES string of the molecule is COCCNC(=O)Cn1cc(Br)cc(Br)c1=O. The molecule has 0 saturated carbocycles. The number of pyridine rings is 1. The molecule has 1 aromatic heterocycles. The summed E-state index contributed by atoms with van der Waals surface area (Å²) in [5.74, 6) is -0.228. The van der Waals surface area contributed by atoms with Crippen molar-refractivity contribution in [3.8, 4) is 0 Å². The van der Waals surface area contributed by atoms with Crippen LogP contribution >= 0.6 is 31.9 Å². The lowest BCUT2D eigenvalue weighted by Gasteiger charge is -2.08. The van der Waals surface area contributed by atoms with Crippen molar-refractivity contribution in [1.29, 1.82) is 0 Å². The molecule has 0 saturated heterocycles. The number of aromatic nitrogens is 1. The van der Waals surface area contributed by atoms with E-state index in [1.165, 1.54) is 4.57 Å². The Hall–Kier alpha value is -0.660. The van der Waals surface area contributed by atoms with Crippen molar-refractivity contribution in [3.05, 3.63) is 31.6 Å². The van der Waals surface area contributed by atoms with Gasteiger partial charge in [0.15, 0.2) is 0 Å². The Labute approximate surface area is 115 Å². The molecule has 0 radical (unpaired) electrons. The maximum absolute atomic E-state index is 11.7. The number of hydrogen-bond donors (Lipinski definition) is 1. The number of carbonyl (C=O) groups is 1. The fourth-order valence-corrected chi connectivity index (χ4v) is 2.44. The number of rotatable bonds is 5. The minimum absolute atomic E-state index is 0.0133. The van der Waals surface area contributed by atoms with Crippen molar-refractivity contribution in [2.24, 2.45) is 0 Å². The Balaban J connectivity index is 2.68. The van der Waals surface area contributed by atoms with Crippen molar-refractivity contribution < 1.29 is 9.53 Å². The van der Waals surface area contributed by atoms with E-state index in [0.29, 0.717) is 17.6 Å². The molecule has 1 N–H and O–H groups in total. The van der Waals surface area contributed by atoms with Crippen LogP contribution in [0.1, 0.15) is 0 Å². The monoisotopic (exact) mass is 366 g/mol. The van der Waals surface area contributed by atoms with E-state index in [0.717, 1.165) is 4.47 Å². The summed E-state index contributed by atoms with van der Waals surface area (Å²) < 4.78 is 7.28. The molecule has 0 bridgehead atoms. The highest BCUT2D eigenvalue weighted by molar-refractivity contribution is 9.11. The molecule has 1 amide bonds. The number of carbonyl (C=O) groups excluding carboxylic acids is 1. The third-order valence-corrected chi connectivity index (χ3v) is 2.95. The first-order valence-electron chi connectivity index (χ1n) is 4.85. The third-order valence-electron chi connectivity index (χ3n) is 1.95. The summed E-state index contributed by atoms with van der Waals surface area (Å²) in [6, 6.07) is 1.64. The first-order chi connectivity index (χ1) is 8.04. The largest absolute Gasteiger partial charge is 0.383 e. The van der Waals surface area contributed by atoms with Gasteiger partial charge in [0, 0.05) is 24.3 Å². The first kappa shape index (κ1) is 14.4. The van der Waals surface area contributed by atoms with Gasteiger partial charge in [0.05, 0.1) is 11.1 Å². The number of amides is 1. The topological polar surface area (TPSA) is 60.3 Å². The van der Waals surface area contributed by atoms with Gasteiger partial charge in [-0.1, -0.05) is 0 Å². The summed E-state index contributed by atoms with van der Waals surface area (Å²) in [6.45, 7) is 0.864. The Morgan fingerprint density at radius 1 is 1.53 bits per heavy atom. The van der Waals surface area contributed by atoms with Crippen LogP contribution in [0.2, 0.25) is 0 Å². The molecule has 0 aliphatic heterocycles. The first-order valence-corrected chi connectivity index (χ1v) is 6.44. The zero-order valence-electron chi connectivity index (χ0n) is 9.20. The second-order valence-corrected chi connectivity index (χ2v) is 5.05. The standard InChI is InChI=1S/C10H12Br2N2O3/c1-17-3-2-13-9(15)6-14-5-7(11)4-8(12)10(14)16/h4-5H,2-3,6H2,1H3,(H,13,15). The Morgan fingerprint density at radius 2 is 2.24 bits per heavy atom. The van der Waals surface area contributed by atoms with E-state index in [9.17, 15) is 9.59 Å². The van der Waals surface area contributed by atoms with Crippen LogP contribution in [0, 0.1) is 0 Å². The summed E-state index contributed by atoms with van der Waals surface area (Å²) >= 11 is 6.40. The van der Waals surface area contributed by atoms with Crippen molar-refractivity contribution in [3.63, 3.8) is 0 Å². The number of ether oxygens (including phenoxy) is 1. The molecule has 5 nitrogen and oxygen atoms in total. The fourth-order valence-electron chi connectivity index (χ4n) is 1.19. The summed E-state index contributed by atoms with van der Waals surface area (Å²) in [7, 11) is 1.56. The number of nitrogens with one attached hydrogen (secondary N) is 1. The van der Waals surface area contributed by atoms with Crippen LogP contribution in [0.4, 0.5) is 0 Å². The highest BCUT2D eigenvalue weighted by Gasteiger charge is 2.07. The summed E-state index contributed by atoms with van der Waals surface area (Å²) in [4.78, 5) is 23.2. The van der Waals surface area contributed by atoms with Gasteiger partial charge >= 0.3 is 0 Å². The number of nitrogens with zero attached hydrogens (tertiary/aromatic N) is 1. The van der Waals surface area contributed by atoms with E-state index < -0.39 is 0 Å². The molecule has 94 valence electrons. The van der Waals surface area contributed by atoms with Crippen molar-refractivity contribution in [2.45, 2.75) is 6.54 Å². The smallest absolute Gasteiger partial charge is 0.265 e. The highest BCUT2D eigenvalue weighted by Crippen LogP contribution is 2.12. The average Bonchev–Trinajstić information content (AvgIpc) is 2.25. The van der Waals surface area contributed by atoms with Gasteiger partial charge in [-0.3, -0.25) is 9.59 Å². The van der Waals surface area contributed by atoms with Gasteiger partial charge < -0.3 is 14.6 Å². The molecule has 1 heterocycles. The summed E-state index contributed by atoms with van der Waals surface area (Å²) in [6.07, 6.45) is 1.57. The van der Waals surface area contributed by atoms with Gasteiger partial charge in [0.25, 0.3) is 5.56 Å². The van der Waals surface area contributed by atoms with Crippen LogP contribution in [0.25, 0.3) is 0 Å². The van der Waals surface area contributed by atoms with Crippen molar-refractivity contribution in [1.82, 2.24) is 9.88 Å². The molecule has 0 aliphatic carbocycles. The van der Waals surface area contributed by atoms with Crippen LogP contribution < -0.4 is 10.9 Å². The molecule has 0 aromatic carbocycles. The van der Waals surface area contributed by atoms with Crippen molar-refractivity contribution >= 4 is 37.8 Å². The highest BCUT2D eigenvalue weighted by atomic mass is 79.9. The molecule has 0 atom stereocenters. The van der Waals surface area contributed by atoms with Gasteiger partial charge in [-0.2, -0.15) is 0 Å². The van der Waals surface area contributed by atoms with Crippen LogP contribution in [-0.4, -0.2) is 30.7 Å². The van der Waals surface area contributed by atoms with Crippen LogP contribution in [0.3, 0.4) is 0 Å². The van der Waals surface area contributed by atoms with Crippen LogP contribution in [0.15, 0.2) is 26.0 Å². The fraction of sp³-hybridized carbons (Fsp3) is 0.400.